The molecule has 25 heavy (non-hydrogen) atoms. The van der Waals surface area contributed by atoms with Gasteiger partial charge in [0.1, 0.15) is 6.33 Å². The Labute approximate surface area is 144 Å². The zero-order valence-corrected chi connectivity index (χ0v) is 14.3. The van der Waals surface area contributed by atoms with Gasteiger partial charge in [-0.25, -0.2) is 15.0 Å². The van der Waals surface area contributed by atoms with E-state index in [1.165, 1.54) is 0 Å². The number of rotatable bonds is 3. The molecule has 130 valence electrons. The summed E-state index contributed by atoms with van der Waals surface area (Å²) in [6.45, 7) is 1.64. The van der Waals surface area contributed by atoms with Crippen LogP contribution in [0.1, 0.15) is 23.2 Å². The number of carbonyl (C=O) groups is 1. The molecule has 1 amide bonds. The van der Waals surface area contributed by atoms with Gasteiger partial charge >= 0.3 is 0 Å². The Kier molecular flexibility index (Phi) is 3.83. The van der Waals surface area contributed by atoms with Crippen molar-refractivity contribution in [2.45, 2.75) is 18.9 Å². The standard InChI is InChI=1S/C16H20N8O/c1-22-10-19-13-14(22)17-9-18-15(13)24-5-3-12(4-6-24)21-16(25)11-7-20-23(2)8-11/h7-10,12H,3-6H2,1-2H3,(H,21,25). The number of nitrogens with zero attached hydrogens (tertiary/aromatic N) is 7. The summed E-state index contributed by atoms with van der Waals surface area (Å²) in [5, 5.41) is 7.13. The second-order valence-corrected chi connectivity index (χ2v) is 6.36. The van der Waals surface area contributed by atoms with Crippen molar-refractivity contribution in [2.75, 3.05) is 18.0 Å². The van der Waals surface area contributed by atoms with Crippen LogP contribution in [0.4, 0.5) is 5.82 Å². The van der Waals surface area contributed by atoms with Crippen LogP contribution in [0.3, 0.4) is 0 Å². The van der Waals surface area contributed by atoms with E-state index in [0.29, 0.717) is 5.56 Å². The van der Waals surface area contributed by atoms with Gasteiger partial charge in [0.2, 0.25) is 0 Å². The number of anilines is 1. The summed E-state index contributed by atoms with van der Waals surface area (Å²) in [5.74, 6) is 0.795. The van der Waals surface area contributed by atoms with Crippen LogP contribution in [0, 0.1) is 0 Å². The van der Waals surface area contributed by atoms with Gasteiger partial charge in [-0.3, -0.25) is 9.48 Å². The minimum absolute atomic E-state index is 0.0688. The highest BCUT2D eigenvalue weighted by molar-refractivity contribution is 5.93. The van der Waals surface area contributed by atoms with Crippen molar-refractivity contribution in [3.63, 3.8) is 0 Å². The Bertz CT molecular complexity index is 906. The van der Waals surface area contributed by atoms with E-state index in [1.54, 1.807) is 36.8 Å². The first-order chi connectivity index (χ1) is 12.1. The lowest BCUT2D eigenvalue weighted by molar-refractivity contribution is 0.0931. The van der Waals surface area contributed by atoms with Gasteiger partial charge in [0.15, 0.2) is 17.0 Å². The highest BCUT2D eigenvalue weighted by Gasteiger charge is 2.24. The minimum atomic E-state index is -0.0688. The molecule has 0 atom stereocenters. The van der Waals surface area contributed by atoms with Gasteiger partial charge in [-0.05, 0) is 12.8 Å². The maximum absolute atomic E-state index is 12.2. The molecule has 9 nitrogen and oxygen atoms in total. The number of aromatic nitrogens is 6. The monoisotopic (exact) mass is 340 g/mol. The minimum Gasteiger partial charge on any atom is -0.355 e. The first-order valence-corrected chi connectivity index (χ1v) is 8.28. The molecule has 1 fully saturated rings. The number of fused-ring (bicyclic) bond motifs is 1. The molecule has 0 aliphatic carbocycles. The molecule has 3 aromatic heterocycles. The average Bonchev–Trinajstić information content (AvgIpc) is 3.22. The zero-order valence-electron chi connectivity index (χ0n) is 14.3. The van der Waals surface area contributed by atoms with Crippen LogP contribution in [-0.4, -0.2) is 54.3 Å². The van der Waals surface area contributed by atoms with Crippen LogP contribution in [0.2, 0.25) is 0 Å². The van der Waals surface area contributed by atoms with Gasteiger partial charge in [0.05, 0.1) is 18.1 Å². The van der Waals surface area contributed by atoms with Crippen LogP contribution < -0.4 is 10.2 Å². The Morgan fingerprint density at radius 3 is 2.72 bits per heavy atom. The number of hydrogen-bond donors (Lipinski definition) is 1. The number of imidazole rings is 1. The van der Waals surface area contributed by atoms with E-state index >= 15 is 0 Å². The molecule has 1 N–H and O–H groups in total. The zero-order chi connectivity index (χ0) is 17.4. The molecule has 3 aromatic rings. The number of amides is 1. The second-order valence-electron chi connectivity index (χ2n) is 6.36. The van der Waals surface area contributed by atoms with Crippen molar-refractivity contribution in [1.29, 1.82) is 0 Å². The van der Waals surface area contributed by atoms with E-state index in [4.69, 9.17) is 0 Å². The molecule has 4 heterocycles. The first-order valence-electron chi connectivity index (χ1n) is 8.28. The lowest BCUT2D eigenvalue weighted by atomic mass is 10.0. The van der Waals surface area contributed by atoms with E-state index in [2.05, 4.69) is 30.3 Å². The summed E-state index contributed by atoms with van der Waals surface area (Å²) in [6.07, 6.45) is 8.38. The van der Waals surface area contributed by atoms with Crippen molar-refractivity contribution in [2.24, 2.45) is 14.1 Å². The van der Waals surface area contributed by atoms with Crippen LogP contribution in [0.15, 0.2) is 25.0 Å². The molecule has 0 spiro atoms. The Balaban J connectivity index is 1.42. The van der Waals surface area contributed by atoms with E-state index in [1.807, 2.05) is 11.6 Å². The van der Waals surface area contributed by atoms with E-state index in [9.17, 15) is 4.79 Å². The highest BCUT2D eigenvalue weighted by Crippen LogP contribution is 2.24. The lowest BCUT2D eigenvalue weighted by Crippen LogP contribution is -2.45. The molecule has 0 unspecified atom stereocenters. The normalized spacial score (nSPS) is 15.7. The maximum Gasteiger partial charge on any atom is 0.254 e. The third-order valence-electron chi connectivity index (χ3n) is 4.57. The van der Waals surface area contributed by atoms with Crippen molar-refractivity contribution in [3.8, 4) is 0 Å². The summed E-state index contributed by atoms with van der Waals surface area (Å²) in [5.41, 5.74) is 2.25. The van der Waals surface area contributed by atoms with Crippen LogP contribution in [-0.2, 0) is 14.1 Å². The summed E-state index contributed by atoms with van der Waals surface area (Å²) >= 11 is 0. The fourth-order valence-corrected chi connectivity index (χ4v) is 3.21. The summed E-state index contributed by atoms with van der Waals surface area (Å²) in [4.78, 5) is 27.6. The summed E-state index contributed by atoms with van der Waals surface area (Å²) in [6, 6.07) is 0.157. The van der Waals surface area contributed by atoms with Crippen LogP contribution in [0.25, 0.3) is 11.2 Å². The van der Waals surface area contributed by atoms with Crippen LogP contribution >= 0.6 is 0 Å². The number of aryl methyl sites for hydroxylation is 2. The molecular weight excluding hydrogens is 320 g/mol. The van der Waals surface area contributed by atoms with E-state index < -0.39 is 0 Å². The Morgan fingerprint density at radius 1 is 1.20 bits per heavy atom. The van der Waals surface area contributed by atoms with Gasteiger partial charge in [0, 0.05) is 39.4 Å². The highest BCUT2D eigenvalue weighted by atomic mass is 16.1. The van der Waals surface area contributed by atoms with Gasteiger partial charge < -0.3 is 14.8 Å². The molecule has 0 aromatic carbocycles. The fraction of sp³-hybridized carbons (Fsp3) is 0.438. The maximum atomic E-state index is 12.2. The van der Waals surface area contributed by atoms with Crippen LogP contribution in [0.5, 0.6) is 0 Å². The lowest BCUT2D eigenvalue weighted by Gasteiger charge is -2.33. The molecule has 0 radical (unpaired) electrons. The molecule has 4 rings (SSSR count). The number of hydrogen-bond acceptors (Lipinski definition) is 6. The largest absolute Gasteiger partial charge is 0.355 e. The molecular formula is C16H20N8O. The van der Waals surface area contributed by atoms with Gasteiger partial charge in [-0.1, -0.05) is 0 Å². The van der Waals surface area contributed by atoms with Gasteiger partial charge in [-0.2, -0.15) is 5.10 Å². The van der Waals surface area contributed by atoms with E-state index in [0.717, 1.165) is 42.9 Å². The third-order valence-corrected chi connectivity index (χ3v) is 4.57. The Morgan fingerprint density at radius 2 is 2.00 bits per heavy atom. The van der Waals surface area contributed by atoms with Crippen molar-refractivity contribution in [1.82, 2.24) is 34.6 Å². The average molecular weight is 340 g/mol. The number of piperidine rings is 1. The predicted octanol–water partition coefficient (Wildman–Crippen LogP) is 0.496. The topological polar surface area (TPSA) is 93.8 Å². The quantitative estimate of drug-likeness (QED) is 0.746. The molecule has 0 bridgehead atoms. The summed E-state index contributed by atoms with van der Waals surface area (Å²) in [7, 11) is 3.72. The second kappa shape index (κ2) is 6.15. The van der Waals surface area contributed by atoms with Gasteiger partial charge in [-0.15, -0.1) is 0 Å². The number of nitrogens with one attached hydrogen (secondary N) is 1. The first kappa shape index (κ1) is 15.6. The summed E-state index contributed by atoms with van der Waals surface area (Å²) < 4.78 is 3.52. The molecule has 1 aliphatic heterocycles. The van der Waals surface area contributed by atoms with Gasteiger partial charge in [0.25, 0.3) is 5.91 Å². The molecule has 1 aliphatic rings. The molecule has 0 saturated carbocycles. The fourth-order valence-electron chi connectivity index (χ4n) is 3.21. The predicted molar refractivity (Wildman–Crippen MR) is 92.2 cm³/mol. The molecule has 1 saturated heterocycles. The van der Waals surface area contributed by atoms with Crippen molar-refractivity contribution >= 4 is 22.9 Å². The third kappa shape index (κ3) is 2.92. The number of carbonyl (C=O) groups excluding carboxylic acids is 1. The Hall–Kier alpha value is -2.97. The van der Waals surface area contributed by atoms with E-state index in [-0.39, 0.29) is 11.9 Å². The smallest absolute Gasteiger partial charge is 0.254 e. The van der Waals surface area contributed by atoms with Crippen molar-refractivity contribution < 1.29 is 4.79 Å². The molecule has 9 heteroatoms. The SMILES string of the molecule is Cn1cc(C(=O)NC2CCN(c3ncnc4c3ncn4C)CC2)cn1. The van der Waals surface area contributed by atoms with Crippen molar-refractivity contribution in [3.05, 3.63) is 30.6 Å².